The number of piperidine rings is 1. The molecule has 0 radical (unpaired) electrons. The second-order valence-corrected chi connectivity index (χ2v) is 7.38. The van der Waals surface area contributed by atoms with Gasteiger partial charge >= 0.3 is 0 Å². The lowest BCUT2D eigenvalue weighted by atomic mass is 9.96. The molecule has 3 aromatic heterocycles. The van der Waals surface area contributed by atoms with Crippen LogP contribution in [0.25, 0.3) is 11.3 Å². The Morgan fingerprint density at radius 2 is 1.96 bits per heavy atom. The van der Waals surface area contributed by atoms with Crippen molar-refractivity contribution < 1.29 is 0 Å². The number of nitrogens with zero attached hydrogens (tertiary/aromatic N) is 6. The predicted molar refractivity (Wildman–Crippen MR) is 106 cm³/mol. The molecule has 0 amide bonds. The Labute approximate surface area is 164 Å². The third-order valence-corrected chi connectivity index (χ3v) is 5.22. The van der Waals surface area contributed by atoms with Gasteiger partial charge in [0.1, 0.15) is 0 Å². The Kier molecular flexibility index (Phi) is 5.53. The van der Waals surface area contributed by atoms with Crippen LogP contribution in [0.15, 0.2) is 54.1 Å². The van der Waals surface area contributed by atoms with Crippen molar-refractivity contribution in [3.63, 3.8) is 0 Å². The minimum atomic E-state index is -0.00814. The van der Waals surface area contributed by atoms with Gasteiger partial charge in [-0.25, -0.2) is 4.98 Å². The van der Waals surface area contributed by atoms with Crippen LogP contribution in [0.3, 0.4) is 0 Å². The molecule has 1 aliphatic rings. The van der Waals surface area contributed by atoms with Crippen molar-refractivity contribution in [2.24, 2.45) is 5.92 Å². The normalized spacial score (nSPS) is 15.6. The third kappa shape index (κ3) is 4.48. The van der Waals surface area contributed by atoms with Gasteiger partial charge in [0.2, 0.25) is 0 Å². The first kappa shape index (κ1) is 18.4. The number of pyridine rings is 1. The zero-order valence-corrected chi connectivity index (χ0v) is 16.0. The molecule has 0 bridgehead atoms. The van der Waals surface area contributed by atoms with Gasteiger partial charge in [-0.1, -0.05) is 0 Å². The maximum absolute atomic E-state index is 12.5. The SMILES string of the molecule is Cc1cnc(CN2CCC(Cn3cnc(-c4cccnc4)cc3=O)CC2)cn1. The van der Waals surface area contributed by atoms with Crippen molar-refractivity contribution in [2.75, 3.05) is 13.1 Å². The monoisotopic (exact) mass is 376 g/mol. The van der Waals surface area contributed by atoms with E-state index in [1.165, 1.54) is 0 Å². The molecule has 0 N–H and O–H groups in total. The quantitative estimate of drug-likeness (QED) is 0.680. The van der Waals surface area contributed by atoms with Crippen LogP contribution < -0.4 is 5.56 Å². The fourth-order valence-electron chi connectivity index (χ4n) is 3.57. The molecule has 7 nitrogen and oxygen atoms in total. The smallest absolute Gasteiger partial charge is 0.253 e. The maximum atomic E-state index is 12.5. The summed E-state index contributed by atoms with van der Waals surface area (Å²) in [7, 11) is 0. The van der Waals surface area contributed by atoms with Gasteiger partial charge in [0.25, 0.3) is 5.56 Å². The molecule has 7 heteroatoms. The zero-order valence-electron chi connectivity index (χ0n) is 16.0. The average Bonchev–Trinajstić information content (AvgIpc) is 2.73. The molecule has 4 heterocycles. The molecule has 1 fully saturated rings. The van der Waals surface area contributed by atoms with Crippen molar-refractivity contribution in [3.05, 3.63) is 71.1 Å². The third-order valence-electron chi connectivity index (χ3n) is 5.22. The van der Waals surface area contributed by atoms with E-state index in [4.69, 9.17) is 0 Å². The molecule has 0 aliphatic carbocycles. The van der Waals surface area contributed by atoms with Crippen LogP contribution in [0, 0.1) is 12.8 Å². The van der Waals surface area contributed by atoms with Crippen LogP contribution in [0.4, 0.5) is 0 Å². The fourth-order valence-corrected chi connectivity index (χ4v) is 3.57. The van der Waals surface area contributed by atoms with Gasteiger partial charge < -0.3 is 0 Å². The Balaban J connectivity index is 1.33. The first-order chi connectivity index (χ1) is 13.7. The number of hydrogen-bond acceptors (Lipinski definition) is 6. The molecule has 144 valence electrons. The summed E-state index contributed by atoms with van der Waals surface area (Å²) >= 11 is 0. The number of rotatable bonds is 5. The molecular weight excluding hydrogens is 352 g/mol. The molecule has 0 aromatic carbocycles. The number of aryl methyl sites for hydroxylation is 1. The van der Waals surface area contributed by atoms with E-state index in [9.17, 15) is 4.79 Å². The van der Waals surface area contributed by atoms with Gasteiger partial charge in [-0.3, -0.25) is 29.2 Å². The molecule has 1 saturated heterocycles. The molecule has 3 aromatic rings. The summed E-state index contributed by atoms with van der Waals surface area (Å²) in [4.78, 5) is 32.2. The summed E-state index contributed by atoms with van der Waals surface area (Å²) in [5.74, 6) is 0.490. The molecule has 28 heavy (non-hydrogen) atoms. The minimum absolute atomic E-state index is 0.00814. The second kappa shape index (κ2) is 8.39. The van der Waals surface area contributed by atoms with Crippen LogP contribution >= 0.6 is 0 Å². The van der Waals surface area contributed by atoms with E-state index in [0.29, 0.717) is 11.6 Å². The van der Waals surface area contributed by atoms with E-state index < -0.39 is 0 Å². The molecule has 0 unspecified atom stereocenters. The van der Waals surface area contributed by atoms with Crippen LogP contribution in [0.2, 0.25) is 0 Å². The van der Waals surface area contributed by atoms with Crippen LogP contribution in [-0.4, -0.2) is 42.5 Å². The van der Waals surface area contributed by atoms with Crippen LogP contribution in [-0.2, 0) is 13.1 Å². The summed E-state index contributed by atoms with van der Waals surface area (Å²) in [5.41, 5.74) is 3.47. The topological polar surface area (TPSA) is 76.8 Å². The van der Waals surface area contributed by atoms with Crippen LogP contribution in [0.5, 0.6) is 0 Å². The average molecular weight is 376 g/mol. The molecule has 0 atom stereocenters. The Morgan fingerprint density at radius 3 is 2.64 bits per heavy atom. The van der Waals surface area contributed by atoms with E-state index in [0.717, 1.165) is 56.0 Å². The highest BCUT2D eigenvalue weighted by Gasteiger charge is 2.20. The maximum Gasteiger partial charge on any atom is 0.253 e. The number of aromatic nitrogens is 5. The Hall–Kier alpha value is -2.93. The standard InChI is InChI=1S/C21H24N6O/c1-16-10-24-19(12-23-16)14-26-7-4-17(5-8-26)13-27-15-25-20(9-21(27)28)18-3-2-6-22-11-18/h2-3,6,9-12,15,17H,4-5,7-8,13-14H2,1H3. The summed E-state index contributed by atoms with van der Waals surface area (Å²) in [5, 5.41) is 0. The molecule has 1 aliphatic heterocycles. The molecular formula is C21H24N6O. The van der Waals surface area contributed by atoms with E-state index in [2.05, 4.69) is 24.8 Å². The van der Waals surface area contributed by atoms with Crippen molar-refractivity contribution in [1.29, 1.82) is 0 Å². The van der Waals surface area contributed by atoms with Crippen molar-refractivity contribution in [2.45, 2.75) is 32.9 Å². The largest absolute Gasteiger partial charge is 0.299 e. The van der Waals surface area contributed by atoms with Gasteiger partial charge in [0.05, 0.1) is 23.4 Å². The van der Waals surface area contributed by atoms with E-state index in [1.807, 2.05) is 31.5 Å². The lowest BCUT2D eigenvalue weighted by Gasteiger charge is -2.31. The summed E-state index contributed by atoms with van der Waals surface area (Å²) in [6, 6.07) is 5.36. The summed E-state index contributed by atoms with van der Waals surface area (Å²) < 4.78 is 1.73. The highest BCUT2D eigenvalue weighted by atomic mass is 16.1. The van der Waals surface area contributed by atoms with Crippen molar-refractivity contribution >= 4 is 0 Å². The van der Waals surface area contributed by atoms with E-state index in [-0.39, 0.29) is 5.56 Å². The number of likely N-dealkylation sites (tertiary alicyclic amines) is 1. The van der Waals surface area contributed by atoms with Crippen LogP contribution in [0.1, 0.15) is 24.2 Å². The van der Waals surface area contributed by atoms with E-state index >= 15 is 0 Å². The minimum Gasteiger partial charge on any atom is -0.299 e. The number of hydrogen-bond donors (Lipinski definition) is 0. The highest BCUT2D eigenvalue weighted by Crippen LogP contribution is 2.20. The van der Waals surface area contributed by atoms with Gasteiger partial charge in [0, 0.05) is 49.5 Å². The highest BCUT2D eigenvalue weighted by molar-refractivity contribution is 5.56. The lowest BCUT2D eigenvalue weighted by Crippen LogP contribution is -2.36. The Bertz CT molecular complexity index is 962. The van der Waals surface area contributed by atoms with Crippen molar-refractivity contribution in [1.82, 2.24) is 29.4 Å². The lowest BCUT2D eigenvalue weighted by molar-refractivity contribution is 0.164. The first-order valence-electron chi connectivity index (χ1n) is 9.64. The van der Waals surface area contributed by atoms with Gasteiger partial charge in [-0.2, -0.15) is 0 Å². The second-order valence-electron chi connectivity index (χ2n) is 7.38. The molecule has 0 spiro atoms. The molecule has 0 saturated carbocycles. The fraction of sp³-hybridized carbons (Fsp3) is 0.381. The van der Waals surface area contributed by atoms with E-state index in [1.54, 1.807) is 29.4 Å². The zero-order chi connectivity index (χ0) is 19.3. The summed E-state index contributed by atoms with van der Waals surface area (Å²) in [6.45, 7) is 5.52. The van der Waals surface area contributed by atoms with Crippen molar-refractivity contribution in [3.8, 4) is 11.3 Å². The van der Waals surface area contributed by atoms with Gasteiger partial charge in [0.15, 0.2) is 0 Å². The van der Waals surface area contributed by atoms with Gasteiger partial charge in [-0.15, -0.1) is 0 Å². The summed E-state index contributed by atoms with van der Waals surface area (Å²) in [6.07, 6.45) is 10.9. The first-order valence-corrected chi connectivity index (χ1v) is 9.64. The Morgan fingerprint density at radius 1 is 1.11 bits per heavy atom. The molecule has 4 rings (SSSR count). The predicted octanol–water partition coefficient (Wildman–Crippen LogP) is 2.32. The van der Waals surface area contributed by atoms with Gasteiger partial charge in [-0.05, 0) is 50.9 Å².